The molecule has 0 aliphatic rings. The quantitative estimate of drug-likeness (QED) is 0.683. The number of carbonyl (C=O) groups excluding carboxylic acids is 1. The minimum atomic E-state index is -0.537. The molecule has 19 heavy (non-hydrogen) atoms. The SMILES string of the molecule is CCC(NC(=O)NCCC(O)COC)c1cccs1. The Labute approximate surface area is 118 Å². The minimum absolute atomic E-state index is 0.0453. The Balaban J connectivity index is 2.26. The number of nitrogens with one attached hydrogen (secondary N) is 2. The molecule has 1 rings (SSSR count). The van der Waals surface area contributed by atoms with Gasteiger partial charge < -0.3 is 20.5 Å². The Morgan fingerprint density at radius 1 is 1.58 bits per heavy atom. The highest BCUT2D eigenvalue weighted by atomic mass is 32.1. The van der Waals surface area contributed by atoms with E-state index in [-0.39, 0.29) is 18.7 Å². The van der Waals surface area contributed by atoms with Crippen LogP contribution in [-0.2, 0) is 4.74 Å². The van der Waals surface area contributed by atoms with Gasteiger partial charge in [0.05, 0.1) is 18.8 Å². The predicted octanol–water partition coefficient (Wildman–Crippen LogP) is 1.90. The number of methoxy groups -OCH3 is 1. The molecule has 0 fully saturated rings. The lowest BCUT2D eigenvalue weighted by Crippen LogP contribution is -2.39. The highest BCUT2D eigenvalue weighted by Crippen LogP contribution is 2.21. The molecule has 0 saturated carbocycles. The third kappa shape index (κ3) is 6.04. The van der Waals surface area contributed by atoms with Crippen LogP contribution in [0.25, 0.3) is 0 Å². The van der Waals surface area contributed by atoms with Crippen molar-refractivity contribution in [3.8, 4) is 0 Å². The number of aliphatic hydroxyl groups excluding tert-OH is 1. The Kier molecular flexibility index (Phi) is 7.47. The van der Waals surface area contributed by atoms with Crippen LogP contribution in [0.2, 0.25) is 0 Å². The number of hydrogen-bond acceptors (Lipinski definition) is 4. The highest BCUT2D eigenvalue weighted by molar-refractivity contribution is 7.10. The van der Waals surface area contributed by atoms with Crippen molar-refractivity contribution < 1.29 is 14.6 Å². The maximum absolute atomic E-state index is 11.7. The smallest absolute Gasteiger partial charge is 0.315 e. The zero-order valence-corrected chi connectivity index (χ0v) is 12.2. The molecule has 5 nitrogen and oxygen atoms in total. The van der Waals surface area contributed by atoms with Crippen molar-refractivity contribution in [1.29, 1.82) is 0 Å². The van der Waals surface area contributed by atoms with E-state index in [0.717, 1.165) is 11.3 Å². The van der Waals surface area contributed by atoms with E-state index in [1.807, 2.05) is 24.4 Å². The highest BCUT2D eigenvalue weighted by Gasteiger charge is 2.13. The molecule has 1 aromatic heterocycles. The van der Waals surface area contributed by atoms with Crippen LogP contribution in [-0.4, -0.2) is 37.5 Å². The fraction of sp³-hybridized carbons (Fsp3) is 0.615. The maximum Gasteiger partial charge on any atom is 0.315 e. The fourth-order valence-corrected chi connectivity index (χ4v) is 2.56. The van der Waals surface area contributed by atoms with Crippen molar-refractivity contribution in [3.63, 3.8) is 0 Å². The van der Waals surface area contributed by atoms with Gasteiger partial charge >= 0.3 is 6.03 Å². The molecule has 0 radical (unpaired) electrons. The Morgan fingerprint density at radius 3 is 2.95 bits per heavy atom. The zero-order valence-electron chi connectivity index (χ0n) is 11.4. The van der Waals surface area contributed by atoms with E-state index in [4.69, 9.17) is 4.74 Å². The van der Waals surface area contributed by atoms with Crippen molar-refractivity contribution >= 4 is 17.4 Å². The van der Waals surface area contributed by atoms with Gasteiger partial charge in [-0.3, -0.25) is 0 Å². The van der Waals surface area contributed by atoms with Crippen LogP contribution < -0.4 is 10.6 Å². The number of urea groups is 1. The third-order valence-corrected chi connectivity index (χ3v) is 3.71. The number of ether oxygens (including phenoxy) is 1. The van der Waals surface area contributed by atoms with E-state index in [0.29, 0.717) is 13.0 Å². The van der Waals surface area contributed by atoms with Crippen molar-refractivity contribution in [2.75, 3.05) is 20.3 Å². The standard InChI is InChI=1S/C13H22N2O3S/c1-3-11(12-5-4-8-19-12)15-13(17)14-7-6-10(16)9-18-2/h4-5,8,10-11,16H,3,6-7,9H2,1-2H3,(H2,14,15,17). The number of carbonyl (C=O) groups is 1. The number of thiophene rings is 1. The summed E-state index contributed by atoms with van der Waals surface area (Å²) in [5, 5.41) is 17.1. The van der Waals surface area contributed by atoms with Gasteiger partial charge in [0.25, 0.3) is 0 Å². The van der Waals surface area contributed by atoms with Gasteiger partial charge in [-0.05, 0) is 24.3 Å². The molecule has 108 valence electrons. The fourth-order valence-electron chi connectivity index (χ4n) is 1.70. The Morgan fingerprint density at radius 2 is 2.37 bits per heavy atom. The van der Waals surface area contributed by atoms with E-state index >= 15 is 0 Å². The Hall–Kier alpha value is -1.11. The zero-order chi connectivity index (χ0) is 14.1. The third-order valence-electron chi connectivity index (χ3n) is 2.72. The molecule has 0 saturated heterocycles. The molecule has 0 spiro atoms. The summed E-state index contributed by atoms with van der Waals surface area (Å²) in [6.07, 6.45) is 0.793. The van der Waals surface area contributed by atoms with Gasteiger partial charge in [0.15, 0.2) is 0 Å². The van der Waals surface area contributed by atoms with E-state index < -0.39 is 6.10 Å². The molecule has 1 aromatic rings. The summed E-state index contributed by atoms with van der Waals surface area (Å²) >= 11 is 1.63. The molecule has 3 N–H and O–H groups in total. The first-order chi connectivity index (χ1) is 9.17. The van der Waals surface area contributed by atoms with Crippen LogP contribution in [0.1, 0.15) is 30.7 Å². The molecule has 0 bridgehead atoms. The monoisotopic (exact) mass is 286 g/mol. The van der Waals surface area contributed by atoms with Crippen LogP contribution in [0.4, 0.5) is 4.79 Å². The van der Waals surface area contributed by atoms with Crippen LogP contribution in [0, 0.1) is 0 Å². The second kappa shape index (κ2) is 8.90. The average Bonchev–Trinajstić information content (AvgIpc) is 2.90. The van der Waals surface area contributed by atoms with Crippen molar-refractivity contribution in [2.24, 2.45) is 0 Å². The first-order valence-electron chi connectivity index (χ1n) is 6.42. The molecule has 0 aliphatic heterocycles. The maximum atomic E-state index is 11.7. The van der Waals surface area contributed by atoms with E-state index in [9.17, 15) is 9.90 Å². The van der Waals surface area contributed by atoms with Crippen LogP contribution in [0.5, 0.6) is 0 Å². The first kappa shape index (κ1) is 15.9. The summed E-state index contributed by atoms with van der Waals surface area (Å²) in [5.74, 6) is 0. The lowest BCUT2D eigenvalue weighted by atomic mass is 10.2. The molecule has 0 aliphatic carbocycles. The summed E-state index contributed by atoms with van der Waals surface area (Å²) in [4.78, 5) is 12.9. The summed E-state index contributed by atoms with van der Waals surface area (Å²) in [6.45, 7) is 2.75. The Bertz CT molecular complexity index is 357. The molecular formula is C13H22N2O3S. The van der Waals surface area contributed by atoms with E-state index in [2.05, 4.69) is 10.6 Å². The summed E-state index contributed by atoms with van der Waals surface area (Å²) < 4.78 is 4.82. The molecular weight excluding hydrogens is 264 g/mol. The van der Waals surface area contributed by atoms with Gasteiger partial charge in [-0.15, -0.1) is 11.3 Å². The van der Waals surface area contributed by atoms with Gasteiger partial charge in [0, 0.05) is 18.5 Å². The molecule has 2 amide bonds. The topological polar surface area (TPSA) is 70.6 Å². The van der Waals surface area contributed by atoms with Crippen molar-refractivity contribution in [3.05, 3.63) is 22.4 Å². The van der Waals surface area contributed by atoms with Gasteiger partial charge in [0.2, 0.25) is 0 Å². The first-order valence-corrected chi connectivity index (χ1v) is 7.30. The number of amides is 2. The number of hydrogen-bond donors (Lipinski definition) is 3. The molecule has 2 atom stereocenters. The molecule has 0 aromatic carbocycles. The summed E-state index contributed by atoms with van der Waals surface area (Å²) in [5.41, 5.74) is 0. The number of rotatable bonds is 8. The molecule has 6 heteroatoms. The van der Waals surface area contributed by atoms with Crippen molar-refractivity contribution in [2.45, 2.75) is 31.9 Å². The van der Waals surface area contributed by atoms with E-state index in [1.54, 1.807) is 11.3 Å². The van der Waals surface area contributed by atoms with Gasteiger partial charge in [0.1, 0.15) is 0 Å². The van der Waals surface area contributed by atoms with Gasteiger partial charge in [-0.2, -0.15) is 0 Å². The average molecular weight is 286 g/mol. The molecule has 1 heterocycles. The summed E-state index contributed by atoms with van der Waals surface area (Å²) in [6, 6.07) is 3.83. The summed E-state index contributed by atoms with van der Waals surface area (Å²) in [7, 11) is 1.54. The lowest BCUT2D eigenvalue weighted by molar-refractivity contribution is 0.0598. The van der Waals surface area contributed by atoms with Crippen LogP contribution >= 0.6 is 11.3 Å². The van der Waals surface area contributed by atoms with E-state index in [1.165, 1.54) is 7.11 Å². The van der Waals surface area contributed by atoms with Crippen LogP contribution in [0.15, 0.2) is 17.5 Å². The second-order valence-corrected chi connectivity index (χ2v) is 5.25. The largest absolute Gasteiger partial charge is 0.391 e. The van der Waals surface area contributed by atoms with Crippen molar-refractivity contribution in [1.82, 2.24) is 10.6 Å². The normalized spacial score (nSPS) is 13.8. The second-order valence-electron chi connectivity index (χ2n) is 4.27. The minimum Gasteiger partial charge on any atom is -0.391 e. The van der Waals surface area contributed by atoms with Gasteiger partial charge in [-0.1, -0.05) is 13.0 Å². The predicted molar refractivity (Wildman–Crippen MR) is 76.4 cm³/mol. The van der Waals surface area contributed by atoms with Crippen LogP contribution in [0.3, 0.4) is 0 Å². The van der Waals surface area contributed by atoms with Gasteiger partial charge in [-0.25, -0.2) is 4.79 Å². The number of aliphatic hydroxyl groups is 1. The lowest BCUT2D eigenvalue weighted by Gasteiger charge is -2.16. The molecule has 2 unspecified atom stereocenters.